The topological polar surface area (TPSA) is 212 Å². The van der Waals surface area contributed by atoms with Crippen molar-refractivity contribution in [2.24, 2.45) is 0 Å². The van der Waals surface area contributed by atoms with Crippen LogP contribution < -0.4 is 36.4 Å². The van der Waals surface area contributed by atoms with Crippen molar-refractivity contribution >= 4 is 41.3 Å². The predicted molar refractivity (Wildman–Crippen MR) is 310 cm³/mol. The second kappa shape index (κ2) is 24.4. The predicted octanol–water partition coefficient (Wildman–Crippen LogP) is 7.52. The first-order valence-corrected chi connectivity index (χ1v) is 29.9. The highest BCUT2D eigenvalue weighted by Crippen LogP contribution is 2.46. The smallest absolute Gasteiger partial charge is 0.330 e. The van der Waals surface area contributed by atoms with E-state index in [1.54, 1.807) is 56.3 Å². The summed E-state index contributed by atoms with van der Waals surface area (Å²) in [5.41, 5.74) is 1.40. The maximum absolute atomic E-state index is 13.4. The molecule has 2 saturated heterocycles. The van der Waals surface area contributed by atoms with Crippen LogP contribution in [-0.4, -0.2) is 106 Å². The molecule has 2 fully saturated rings. The van der Waals surface area contributed by atoms with Crippen LogP contribution in [0.4, 0.5) is 5.82 Å². The lowest BCUT2D eigenvalue weighted by Crippen LogP contribution is -2.56. The fraction of sp³-hybridized carbons (Fsp3) is 0.270. The number of nitrogens with zero attached hydrogens (tertiary/aromatic N) is 5. The molecule has 18 nitrogen and oxygen atoms in total. The zero-order valence-corrected chi connectivity index (χ0v) is 46.7. The molecule has 7 atom stereocenters. The molecule has 9 aromatic rings. The minimum atomic E-state index is -2.46. The maximum atomic E-state index is 13.4. The third-order valence-electron chi connectivity index (χ3n) is 15.6. The summed E-state index contributed by atoms with van der Waals surface area (Å²) in [5, 5.41) is 17.3. The molecule has 0 saturated carbocycles. The Morgan fingerprint density at radius 3 is 1.91 bits per heavy atom. The highest BCUT2D eigenvalue weighted by Gasteiger charge is 2.48. The SMILES string of the molecule is COc1ccc(C(O[C@H]2C[C@H](n3cnc4c(NC(=O)c5ccccc5)ncnc43)O[C@@H]2COC(OCC[Si](C)(c2ccccc2)c2ccccc2)[C@H]2O[C@@H](n3cc(C)c(=O)[nH]c3=O)C[C@@H]2O)(c2ccccc2)c2ccc(OC)cc2)cc1. The molecule has 3 aromatic heterocycles. The highest BCUT2D eigenvalue weighted by molar-refractivity contribution is 7.01. The number of aliphatic hydroxyl groups excluding tert-OH is 1. The second-order valence-electron chi connectivity index (χ2n) is 20.6. The summed E-state index contributed by atoms with van der Waals surface area (Å²) < 4.78 is 49.7. The number of amides is 1. The van der Waals surface area contributed by atoms with Crippen LogP contribution in [0.15, 0.2) is 198 Å². The number of H-pyrrole nitrogens is 1. The normalized spacial score (nSPS) is 19.5. The van der Waals surface area contributed by atoms with E-state index in [9.17, 15) is 19.5 Å². The minimum Gasteiger partial charge on any atom is -0.497 e. The molecule has 0 spiro atoms. The number of fused-ring (bicyclic) bond motifs is 1. The van der Waals surface area contributed by atoms with Gasteiger partial charge in [-0.05, 0) is 66.1 Å². The number of benzene rings is 6. The van der Waals surface area contributed by atoms with Gasteiger partial charge in [0.05, 0.1) is 39.4 Å². The Morgan fingerprint density at radius 2 is 1.30 bits per heavy atom. The van der Waals surface area contributed by atoms with Crippen molar-refractivity contribution in [3.8, 4) is 11.5 Å². The summed E-state index contributed by atoms with van der Waals surface area (Å²) in [6.07, 6.45) is -2.23. The van der Waals surface area contributed by atoms with E-state index in [-0.39, 0.29) is 37.8 Å². The molecule has 5 heterocycles. The molecular weight excluding hydrogens is 1060 g/mol. The maximum Gasteiger partial charge on any atom is 0.330 e. The number of rotatable bonds is 21. The number of ether oxygens (including phenoxy) is 7. The van der Waals surface area contributed by atoms with Crippen molar-refractivity contribution in [2.45, 2.75) is 81.1 Å². The summed E-state index contributed by atoms with van der Waals surface area (Å²) in [7, 11) is 0.776. The standard InChI is InChI=1S/C63H63N7O11Si/c1-41-37-69(62(74)68-59(41)72)53-35-50(71)56(80-53)61(77-33-34-82(4,48-21-13-7-14-22-48)49-23-15-8-16-24-49)78-38-52-51(36-54(79-52)70-40-66-55-57(64-39-65-58(55)70)67-60(73)42-17-9-5-10-18-42)81-63(43-19-11-6-12-20-43,44-25-29-46(75-2)30-26-44)45-27-31-47(76-3)32-28-45/h5-32,37,39-40,50-54,56,61,71H,33-36,38H2,1-4H3,(H,68,72,74)(H,64,65,67,73)/t50-,51-,52+,53+,54+,56-,61?/m0/s1. The van der Waals surface area contributed by atoms with E-state index in [2.05, 4.69) is 51.1 Å². The van der Waals surface area contributed by atoms with Gasteiger partial charge in [0.15, 0.2) is 23.3 Å². The number of aromatic amines is 1. The molecule has 11 rings (SSSR count). The van der Waals surface area contributed by atoms with Crippen molar-refractivity contribution in [1.82, 2.24) is 29.1 Å². The van der Waals surface area contributed by atoms with E-state index in [4.69, 9.17) is 38.1 Å². The number of imidazole rings is 1. The zero-order valence-electron chi connectivity index (χ0n) is 45.7. The number of anilines is 1. The van der Waals surface area contributed by atoms with Crippen molar-refractivity contribution in [3.05, 3.63) is 237 Å². The first kappa shape index (κ1) is 55.5. The number of hydrogen-bond acceptors (Lipinski definition) is 14. The van der Waals surface area contributed by atoms with Gasteiger partial charge in [-0.1, -0.05) is 150 Å². The van der Waals surface area contributed by atoms with Crippen LogP contribution in [0.1, 0.15) is 57.9 Å². The molecule has 420 valence electrons. The van der Waals surface area contributed by atoms with Gasteiger partial charge in [0, 0.05) is 36.8 Å². The number of aliphatic hydroxyl groups is 1. The van der Waals surface area contributed by atoms with Gasteiger partial charge in [-0.15, -0.1) is 0 Å². The summed E-state index contributed by atoms with van der Waals surface area (Å²) in [6.45, 7) is 3.96. The molecule has 82 heavy (non-hydrogen) atoms. The van der Waals surface area contributed by atoms with Crippen molar-refractivity contribution < 1.29 is 43.1 Å². The molecule has 3 N–H and O–H groups in total. The Hall–Kier alpha value is -8.40. The Kier molecular flexibility index (Phi) is 16.5. The molecule has 19 heteroatoms. The summed E-state index contributed by atoms with van der Waals surface area (Å²) >= 11 is 0. The van der Waals surface area contributed by atoms with E-state index in [1.165, 1.54) is 27.5 Å². The third-order valence-corrected chi connectivity index (χ3v) is 20.0. The summed E-state index contributed by atoms with van der Waals surface area (Å²) in [6, 6.07) is 55.7. The molecule has 6 aromatic carbocycles. The van der Waals surface area contributed by atoms with Crippen molar-refractivity contribution in [3.63, 3.8) is 0 Å². The van der Waals surface area contributed by atoms with E-state index in [0.717, 1.165) is 16.7 Å². The largest absolute Gasteiger partial charge is 0.497 e. The second-order valence-corrected chi connectivity index (χ2v) is 24.9. The van der Waals surface area contributed by atoms with Crippen molar-refractivity contribution in [2.75, 3.05) is 32.8 Å². The zero-order chi connectivity index (χ0) is 56.8. The molecule has 2 aliphatic rings. The van der Waals surface area contributed by atoms with Gasteiger partial charge in [0.25, 0.3) is 11.5 Å². The molecule has 0 aliphatic carbocycles. The molecule has 0 bridgehead atoms. The number of aryl methyl sites for hydroxylation is 1. The Bertz CT molecular complexity index is 3640. The number of carbonyl (C=O) groups is 1. The lowest BCUT2D eigenvalue weighted by atomic mass is 9.79. The minimum absolute atomic E-state index is 0.000180. The van der Waals surface area contributed by atoms with Crippen LogP contribution in [0.3, 0.4) is 0 Å². The first-order valence-electron chi connectivity index (χ1n) is 27.2. The van der Waals surface area contributed by atoms with Gasteiger partial charge in [0.1, 0.15) is 56.2 Å². The molecular formula is C63H63N7O11Si. The van der Waals surface area contributed by atoms with Gasteiger partial charge in [0.2, 0.25) is 0 Å². The van der Waals surface area contributed by atoms with Gasteiger partial charge in [-0.2, -0.15) is 0 Å². The molecule has 0 radical (unpaired) electrons. The van der Waals surface area contributed by atoms with Gasteiger partial charge >= 0.3 is 5.69 Å². The lowest BCUT2D eigenvalue weighted by molar-refractivity contribution is -0.234. The molecule has 2 aliphatic heterocycles. The van der Waals surface area contributed by atoms with E-state index >= 15 is 0 Å². The third kappa shape index (κ3) is 11.3. The number of hydrogen-bond donors (Lipinski definition) is 3. The van der Waals surface area contributed by atoms with Crippen LogP contribution >= 0.6 is 0 Å². The van der Waals surface area contributed by atoms with Crippen LogP contribution in [-0.2, 0) is 29.3 Å². The summed E-state index contributed by atoms with van der Waals surface area (Å²) in [5.74, 6) is 1.17. The average Bonchev–Trinajstić information content (AvgIpc) is 3.92. The Balaban J connectivity index is 0.980. The van der Waals surface area contributed by atoms with Crippen LogP contribution in [0.5, 0.6) is 11.5 Å². The lowest BCUT2D eigenvalue weighted by Gasteiger charge is -2.39. The van der Waals surface area contributed by atoms with Gasteiger partial charge < -0.3 is 43.6 Å². The molecule has 1 unspecified atom stereocenters. The Morgan fingerprint density at radius 1 is 0.732 bits per heavy atom. The fourth-order valence-electron chi connectivity index (χ4n) is 11.1. The van der Waals surface area contributed by atoms with Gasteiger partial charge in [-0.25, -0.2) is 19.7 Å². The number of carbonyl (C=O) groups excluding carboxylic acids is 1. The van der Waals surface area contributed by atoms with Gasteiger partial charge in [-0.3, -0.25) is 23.7 Å². The fourth-order valence-corrected chi connectivity index (χ4v) is 14.4. The van der Waals surface area contributed by atoms with E-state index < -0.39 is 68.1 Å². The van der Waals surface area contributed by atoms with Crippen LogP contribution in [0, 0.1) is 6.92 Å². The highest BCUT2D eigenvalue weighted by atomic mass is 28.3. The van der Waals surface area contributed by atoms with Crippen LogP contribution in [0.2, 0.25) is 12.6 Å². The molecule has 1 amide bonds. The first-order chi connectivity index (χ1) is 39.9. The quantitative estimate of drug-likeness (QED) is 0.0361. The summed E-state index contributed by atoms with van der Waals surface area (Å²) in [4.78, 5) is 55.4. The van der Waals surface area contributed by atoms with E-state index in [1.807, 2.05) is 121 Å². The number of nitrogens with one attached hydrogen (secondary N) is 2. The van der Waals surface area contributed by atoms with E-state index in [0.29, 0.717) is 39.8 Å². The average molecular weight is 1120 g/mol. The number of methoxy groups -OCH3 is 2. The Labute approximate surface area is 474 Å². The number of aromatic nitrogens is 6. The van der Waals surface area contributed by atoms with Crippen molar-refractivity contribution in [1.29, 1.82) is 0 Å². The monoisotopic (exact) mass is 1120 g/mol. The van der Waals surface area contributed by atoms with Crippen LogP contribution in [0.25, 0.3) is 11.2 Å².